The molecule has 1 amide bonds. The van der Waals surface area contributed by atoms with Crippen molar-refractivity contribution in [1.29, 1.82) is 0 Å². The maximum absolute atomic E-state index is 12.6. The van der Waals surface area contributed by atoms with Gasteiger partial charge in [-0.25, -0.2) is 0 Å². The number of aliphatic carboxylic acids is 1. The summed E-state index contributed by atoms with van der Waals surface area (Å²) >= 11 is 0. The number of carboxylic acid groups (broad SMARTS) is 1. The number of carboxylic acids is 1. The Kier molecular flexibility index (Phi) is 6.23. The lowest BCUT2D eigenvalue weighted by Gasteiger charge is -2.23. The van der Waals surface area contributed by atoms with Crippen molar-refractivity contribution in [3.05, 3.63) is 23.0 Å². The van der Waals surface area contributed by atoms with Gasteiger partial charge < -0.3 is 14.9 Å². The van der Waals surface area contributed by atoms with Gasteiger partial charge in [-0.3, -0.25) is 9.59 Å². The van der Waals surface area contributed by atoms with Gasteiger partial charge in [0.1, 0.15) is 6.54 Å². The molecule has 0 bridgehead atoms. The number of carbonyl (C=O) groups is 2. The Labute approximate surface area is 124 Å². The molecule has 0 fully saturated rings. The second kappa shape index (κ2) is 7.68. The summed E-state index contributed by atoms with van der Waals surface area (Å²) < 4.78 is 0. The zero-order valence-electron chi connectivity index (χ0n) is 13.0. The first-order chi connectivity index (χ1) is 9.85. The Morgan fingerprint density at radius 3 is 2.43 bits per heavy atom. The van der Waals surface area contributed by atoms with E-state index >= 15 is 0 Å². The molecule has 0 aliphatic carbocycles. The van der Waals surface area contributed by atoms with Gasteiger partial charge in [0.2, 0.25) is 0 Å². The molecule has 0 spiro atoms. The highest BCUT2D eigenvalue weighted by Crippen LogP contribution is 2.11. The van der Waals surface area contributed by atoms with Gasteiger partial charge >= 0.3 is 5.97 Å². The Balaban J connectivity index is 3.03. The Morgan fingerprint density at radius 2 is 1.90 bits per heavy atom. The van der Waals surface area contributed by atoms with Crippen molar-refractivity contribution in [3.8, 4) is 0 Å². The predicted octanol–water partition coefficient (Wildman–Crippen LogP) is 0.436. The van der Waals surface area contributed by atoms with E-state index in [1.807, 2.05) is 25.9 Å². The Morgan fingerprint density at radius 1 is 1.24 bits per heavy atom. The molecule has 0 radical (unpaired) electrons. The third kappa shape index (κ3) is 5.11. The first kappa shape index (κ1) is 17.0. The standard InChI is InChI=1S/C14H22N4O3/c1-5-12-11(8-10(2)15-16-12)14(21)18(9-13(19)20)7-6-17(3)4/h8H,5-7,9H2,1-4H3,(H,19,20). The zero-order chi connectivity index (χ0) is 16.0. The van der Waals surface area contributed by atoms with Crippen molar-refractivity contribution in [2.75, 3.05) is 33.7 Å². The lowest BCUT2D eigenvalue weighted by Crippen LogP contribution is -2.40. The minimum absolute atomic E-state index is 0.311. The fraction of sp³-hybridized carbons (Fsp3) is 0.571. The third-order valence-electron chi connectivity index (χ3n) is 2.99. The van der Waals surface area contributed by atoms with E-state index in [2.05, 4.69) is 10.2 Å². The molecule has 1 aromatic heterocycles. The van der Waals surface area contributed by atoms with E-state index in [4.69, 9.17) is 5.11 Å². The normalized spacial score (nSPS) is 10.7. The summed E-state index contributed by atoms with van der Waals surface area (Å²) in [5, 5.41) is 17.0. The predicted molar refractivity (Wildman–Crippen MR) is 78.2 cm³/mol. The van der Waals surface area contributed by atoms with E-state index < -0.39 is 5.97 Å². The van der Waals surface area contributed by atoms with Crippen LogP contribution in [0.1, 0.15) is 28.7 Å². The number of hydrogen-bond donors (Lipinski definition) is 1. The van der Waals surface area contributed by atoms with Crippen molar-refractivity contribution < 1.29 is 14.7 Å². The van der Waals surface area contributed by atoms with Gasteiger partial charge in [0, 0.05) is 13.1 Å². The molecule has 0 aliphatic heterocycles. The molecule has 0 unspecified atom stereocenters. The molecule has 21 heavy (non-hydrogen) atoms. The molecule has 1 N–H and O–H groups in total. The molecule has 0 saturated carbocycles. The number of aromatic nitrogens is 2. The number of carbonyl (C=O) groups excluding carboxylic acids is 1. The highest BCUT2D eigenvalue weighted by molar-refractivity contribution is 5.96. The maximum atomic E-state index is 12.6. The molecular formula is C14H22N4O3. The highest BCUT2D eigenvalue weighted by atomic mass is 16.4. The fourth-order valence-corrected chi connectivity index (χ4v) is 1.87. The van der Waals surface area contributed by atoms with Crippen molar-refractivity contribution in [1.82, 2.24) is 20.0 Å². The van der Waals surface area contributed by atoms with Crippen molar-refractivity contribution >= 4 is 11.9 Å². The summed E-state index contributed by atoms with van der Waals surface area (Å²) in [6.07, 6.45) is 0.572. The van der Waals surface area contributed by atoms with Gasteiger partial charge in [-0.2, -0.15) is 10.2 Å². The number of nitrogens with zero attached hydrogens (tertiary/aromatic N) is 4. The Hall–Kier alpha value is -2.02. The van der Waals surface area contributed by atoms with Gasteiger partial charge in [-0.05, 0) is 33.5 Å². The van der Waals surface area contributed by atoms with Gasteiger partial charge in [0.15, 0.2) is 0 Å². The number of likely N-dealkylation sites (N-methyl/N-ethyl adjacent to an activating group) is 1. The minimum Gasteiger partial charge on any atom is -0.480 e. The fourth-order valence-electron chi connectivity index (χ4n) is 1.87. The lowest BCUT2D eigenvalue weighted by atomic mass is 10.1. The van der Waals surface area contributed by atoms with Crippen LogP contribution >= 0.6 is 0 Å². The number of aryl methyl sites for hydroxylation is 2. The Bertz CT molecular complexity index is 517. The topological polar surface area (TPSA) is 86.6 Å². The van der Waals surface area contributed by atoms with Gasteiger partial charge in [0.25, 0.3) is 5.91 Å². The molecule has 0 aromatic carbocycles. The van der Waals surface area contributed by atoms with E-state index in [0.717, 1.165) is 0 Å². The van der Waals surface area contributed by atoms with Crippen LogP contribution in [-0.4, -0.2) is 70.7 Å². The largest absolute Gasteiger partial charge is 0.480 e. The second-order valence-electron chi connectivity index (χ2n) is 5.12. The lowest BCUT2D eigenvalue weighted by molar-refractivity contribution is -0.137. The second-order valence-corrected chi connectivity index (χ2v) is 5.12. The van der Waals surface area contributed by atoms with Crippen LogP contribution in [0.4, 0.5) is 0 Å². The minimum atomic E-state index is -1.03. The molecule has 116 valence electrons. The summed E-state index contributed by atoms with van der Waals surface area (Å²) in [5.41, 5.74) is 1.66. The molecule has 0 saturated heterocycles. The van der Waals surface area contributed by atoms with E-state index in [1.165, 1.54) is 4.90 Å². The summed E-state index contributed by atoms with van der Waals surface area (Å²) in [6.45, 7) is 4.26. The summed E-state index contributed by atoms with van der Waals surface area (Å²) in [6, 6.07) is 1.67. The van der Waals surface area contributed by atoms with E-state index in [9.17, 15) is 9.59 Å². The molecule has 0 aliphatic rings. The SMILES string of the molecule is CCc1nnc(C)cc1C(=O)N(CCN(C)C)CC(=O)O. The zero-order valence-corrected chi connectivity index (χ0v) is 13.0. The summed E-state index contributed by atoms with van der Waals surface area (Å²) in [4.78, 5) is 26.8. The number of rotatable bonds is 7. The van der Waals surface area contributed by atoms with Crippen LogP contribution in [0.15, 0.2) is 6.07 Å². The van der Waals surface area contributed by atoms with Crippen LogP contribution in [0.3, 0.4) is 0 Å². The molecule has 7 nitrogen and oxygen atoms in total. The third-order valence-corrected chi connectivity index (χ3v) is 2.99. The molecular weight excluding hydrogens is 272 g/mol. The average molecular weight is 294 g/mol. The monoisotopic (exact) mass is 294 g/mol. The molecule has 0 atom stereocenters. The van der Waals surface area contributed by atoms with Crippen LogP contribution in [0.5, 0.6) is 0 Å². The number of amides is 1. The van der Waals surface area contributed by atoms with Crippen LogP contribution in [-0.2, 0) is 11.2 Å². The summed E-state index contributed by atoms with van der Waals surface area (Å²) in [5.74, 6) is -1.34. The quantitative estimate of drug-likeness (QED) is 0.785. The van der Waals surface area contributed by atoms with E-state index in [1.54, 1.807) is 13.0 Å². The van der Waals surface area contributed by atoms with Crippen LogP contribution in [0, 0.1) is 6.92 Å². The first-order valence-corrected chi connectivity index (χ1v) is 6.84. The molecule has 7 heteroatoms. The van der Waals surface area contributed by atoms with Crippen LogP contribution in [0.25, 0.3) is 0 Å². The van der Waals surface area contributed by atoms with Crippen LogP contribution < -0.4 is 0 Å². The van der Waals surface area contributed by atoms with E-state index in [-0.39, 0.29) is 12.5 Å². The van der Waals surface area contributed by atoms with Gasteiger partial charge in [-0.15, -0.1) is 0 Å². The maximum Gasteiger partial charge on any atom is 0.323 e. The van der Waals surface area contributed by atoms with Crippen LogP contribution in [0.2, 0.25) is 0 Å². The molecule has 1 rings (SSSR count). The van der Waals surface area contributed by atoms with Crippen molar-refractivity contribution in [3.63, 3.8) is 0 Å². The van der Waals surface area contributed by atoms with Gasteiger partial charge in [-0.1, -0.05) is 6.92 Å². The number of hydrogen-bond acceptors (Lipinski definition) is 5. The molecule has 1 aromatic rings. The van der Waals surface area contributed by atoms with E-state index in [0.29, 0.717) is 36.5 Å². The summed E-state index contributed by atoms with van der Waals surface area (Å²) in [7, 11) is 3.75. The first-order valence-electron chi connectivity index (χ1n) is 6.84. The average Bonchev–Trinajstić information content (AvgIpc) is 2.42. The van der Waals surface area contributed by atoms with Gasteiger partial charge in [0.05, 0.1) is 17.0 Å². The van der Waals surface area contributed by atoms with Crippen molar-refractivity contribution in [2.24, 2.45) is 0 Å². The smallest absolute Gasteiger partial charge is 0.323 e. The highest BCUT2D eigenvalue weighted by Gasteiger charge is 2.22. The van der Waals surface area contributed by atoms with Crippen molar-refractivity contribution in [2.45, 2.75) is 20.3 Å². The molecule has 1 heterocycles.